The number of carboxylic acid groups (broad SMARTS) is 1. The van der Waals surface area contributed by atoms with Gasteiger partial charge in [-0.2, -0.15) is 13.2 Å². The highest BCUT2D eigenvalue weighted by molar-refractivity contribution is 5.88. The molecule has 35 heavy (non-hydrogen) atoms. The van der Waals surface area contributed by atoms with Gasteiger partial charge in [0.2, 0.25) is 5.95 Å². The van der Waals surface area contributed by atoms with Crippen LogP contribution >= 0.6 is 0 Å². The van der Waals surface area contributed by atoms with Gasteiger partial charge in [0, 0.05) is 24.8 Å². The third-order valence-electron chi connectivity index (χ3n) is 5.32. The molecule has 0 saturated carbocycles. The monoisotopic (exact) mass is 496 g/mol. The first kappa shape index (κ1) is 26.5. The summed E-state index contributed by atoms with van der Waals surface area (Å²) in [7, 11) is 0. The van der Waals surface area contributed by atoms with Crippen LogP contribution in [0.2, 0.25) is 0 Å². The quantitative estimate of drug-likeness (QED) is 0.523. The molecule has 8 nitrogen and oxygen atoms in total. The minimum atomic E-state index is -4.94. The second-order valence-electron chi connectivity index (χ2n) is 8.99. The summed E-state index contributed by atoms with van der Waals surface area (Å²) < 4.78 is 52.7. The summed E-state index contributed by atoms with van der Waals surface area (Å²) in [5, 5.41) is 12.5. The molecule has 0 unspecified atom stereocenters. The van der Waals surface area contributed by atoms with Crippen molar-refractivity contribution in [3.05, 3.63) is 41.2 Å². The molecule has 1 aromatic carbocycles. The largest absolute Gasteiger partial charge is 0.491 e. The van der Waals surface area contributed by atoms with E-state index >= 15 is 0 Å². The van der Waals surface area contributed by atoms with E-state index in [1.807, 2.05) is 39.8 Å². The highest BCUT2D eigenvalue weighted by atomic mass is 19.4. The molecule has 0 aliphatic carbocycles. The number of benzene rings is 1. The van der Waals surface area contributed by atoms with Gasteiger partial charge in [-0.05, 0) is 71.3 Å². The van der Waals surface area contributed by atoms with Gasteiger partial charge in [0.15, 0.2) is 5.69 Å². The van der Waals surface area contributed by atoms with E-state index in [4.69, 9.17) is 9.47 Å². The van der Waals surface area contributed by atoms with E-state index in [1.54, 1.807) is 11.0 Å². The van der Waals surface area contributed by atoms with Crippen molar-refractivity contribution in [2.45, 2.75) is 71.5 Å². The van der Waals surface area contributed by atoms with Crippen LogP contribution < -0.4 is 19.7 Å². The van der Waals surface area contributed by atoms with Gasteiger partial charge in [0.25, 0.3) is 0 Å². The lowest BCUT2D eigenvalue weighted by Gasteiger charge is -2.35. The molecule has 2 N–H and O–H groups in total. The molecule has 0 amide bonds. The Hall–Kier alpha value is -3.08. The Labute approximate surface area is 202 Å². The van der Waals surface area contributed by atoms with Gasteiger partial charge in [0.1, 0.15) is 17.1 Å². The number of hydrogen-bond acceptors (Lipinski definition) is 7. The fourth-order valence-corrected chi connectivity index (χ4v) is 3.96. The number of halogens is 3. The van der Waals surface area contributed by atoms with Crippen LogP contribution in [-0.2, 0) is 12.7 Å². The zero-order valence-electron chi connectivity index (χ0n) is 20.2. The van der Waals surface area contributed by atoms with Gasteiger partial charge in [-0.15, -0.1) is 0 Å². The van der Waals surface area contributed by atoms with Crippen molar-refractivity contribution >= 4 is 11.9 Å². The van der Waals surface area contributed by atoms with Crippen molar-refractivity contribution in [1.29, 1.82) is 0 Å². The number of nitrogens with one attached hydrogen (secondary N) is 1. The highest BCUT2D eigenvalue weighted by Gasteiger charge is 2.39. The lowest BCUT2D eigenvalue weighted by Crippen LogP contribution is -2.44. The molecule has 2 aromatic rings. The van der Waals surface area contributed by atoms with Gasteiger partial charge in [-0.3, -0.25) is 0 Å². The molecule has 11 heteroatoms. The summed E-state index contributed by atoms with van der Waals surface area (Å²) in [6.07, 6.45) is -3.04. The normalized spacial score (nSPS) is 14.9. The summed E-state index contributed by atoms with van der Waals surface area (Å²) in [5.74, 6) is -0.741. The van der Waals surface area contributed by atoms with Crippen molar-refractivity contribution in [2.75, 3.05) is 18.0 Å². The SMILES string of the molecule is CC(C)Oc1cc(CN(c2ncc(C(=O)O)c(C(F)(F)F)n2)C2CCNCC2)cc(OC(C)C)c1. The number of anilines is 1. The molecule has 0 bridgehead atoms. The third-order valence-corrected chi connectivity index (χ3v) is 5.32. The van der Waals surface area contributed by atoms with Crippen molar-refractivity contribution in [1.82, 2.24) is 15.3 Å². The predicted molar refractivity (Wildman–Crippen MR) is 124 cm³/mol. The summed E-state index contributed by atoms with van der Waals surface area (Å²) >= 11 is 0. The van der Waals surface area contributed by atoms with E-state index in [1.165, 1.54) is 0 Å². The Morgan fingerprint density at radius 1 is 1.11 bits per heavy atom. The topological polar surface area (TPSA) is 96.8 Å². The van der Waals surface area contributed by atoms with Crippen molar-refractivity contribution in [2.24, 2.45) is 0 Å². The fraction of sp³-hybridized carbons (Fsp3) is 0.542. The van der Waals surface area contributed by atoms with Crippen LogP contribution in [0.3, 0.4) is 0 Å². The Morgan fingerprint density at radius 2 is 1.69 bits per heavy atom. The number of nitrogens with zero attached hydrogens (tertiary/aromatic N) is 3. The first-order valence-electron chi connectivity index (χ1n) is 11.6. The first-order chi connectivity index (χ1) is 16.4. The molecule has 1 aromatic heterocycles. The number of piperidine rings is 1. The third kappa shape index (κ3) is 7.20. The first-order valence-corrected chi connectivity index (χ1v) is 11.6. The Bertz CT molecular complexity index is 996. The average molecular weight is 497 g/mol. The van der Waals surface area contributed by atoms with Crippen molar-refractivity contribution in [3.8, 4) is 11.5 Å². The molecule has 3 rings (SSSR count). The summed E-state index contributed by atoms with van der Waals surface area (Å²) in [4.78, 5) is 20.8. The molecule has 192 valence electrons. The van der Waals surface area contributed by atoms with Gasteiger partial charge < -0.3 is 24.8 Å². The van der Waals surface area contributed by atoms with Crippen molar-refractivity contribution < 1.29 is 32.5 Å². The second kappa shape index (κ2) is 11.1. The molecule has 1 fully saturated rings. The van der Waals surface area contributed by atoms with E-state index in [9.17, 15) is 23.1 Å². The number of hydrogen-bond donors (Lipinski definition) is 2. The number of rotatable bonds is 9. The number of carboxylic acids is 1. The Kier molecular flexibility index (Phi) is 8.42. The lowest BCUT2D eigenvalue weighted by molar-refractivity contribution is -0.141. The summed E-state index contributed by atoms with van der Waals surface area (Å²) in [6.45, 7) is 9.16. The summed E-state index contributed by atoms with van der Waals surface area (Å²) in [5.41, 5.74) is -1.70. The van der Waals surface area contributed by atoms with Gasteiger partial charge in [0.05, 0.1) is 12.2 Å². The van der Waals surface area contributed by atoms with Crippen LogP contribution in [0.15, 0.2) is 24.4 Å². The zero-order valence-corrected chi connectivity index (χ0v) is 20.2. The van der Waals surface area contributed by atoms with E-state index in [2.05, 4.69) is 15.3 Å². The predicted octanol–water partition coefficient (Wildman–Crippen LogP) is 4.53. The van der Waals surface area contributed by atoms with Crippen LogP contribution in [0.25, 0.3) is 0 Å². The fourth-order valence-electron chi connectivity index (χ4n) is 3.96. The van der Waals surface area contributed by atoms with Gasteiger partial charge in [-0.1, -0.05) is 0 Å². The zero-order chi connectivity index (χ0) is 25.8. The Morgan fingerprint density at radius 3 is 2.17 bits per heavy atom. The molecular formula is C24H31F3N4O4. The van der Waals surface area contributed by atoms with E-state index in [0.717, 1.165) is 11.8 Å². The lowest BCUT2D eigenvalue weighted by atomic mass is 10.0. The molecule has 0 atom stereocenters. The molecule has 1 saturated heterocycles. The maximum atomic E-state index is 13.7. The number of ether oxygens (including phenoxy) is 2. The molecule has 1 aliphatic heterocycles. The molecule has 0 spiro atoms. The number of alkyl halides is 3. The van der Waals surface area contributed by atoms with Gasteiger partial charge >= 0.3 is 12.1 Å². The molecule has 1 aliphatic rings. The van der Waals surface area contributed by atoms with Crippen molar-refractivity contribution in [3.63, 3.8) is 0 Å². The smallest absolute Gasteiger partial charge is 0.434 e. The minimum Gasteiger partial charge on any atom is -0.491 e. The molecule has 0 radical (unpaired) electrons. The second-order valence-corrected chi connectivity index (χ2v) is 8.99. The highest BCUT2D eigenvalue weighted by Crippen LogP contribution is 2.33. The van der Waals surface area contributed by atoms with Crippen LogP contribution in [0.5, 0.6) is 11.5 Å². The van der Waals surface area contributed by atoms with E-state index < -0.39 is 23.4 Å². The van der Waals surface area contributed by atoms with Crippen LogP contribution in [0, 0.1) is 0 Å². The Balaban J connectivity index is 2.05. The van der Waals surface area contributed by atoms with E-state index in [-0.39, 0.29) is 30.7 Å². The van der Waals surface area contributed by atoms with E-state index in [0.29, 0.717) is 37.4 Å². The van der Waals surface area contributed by atoms with Crippen LogP contribution in [-0.4, -0.2) is 52.4 Å². The standard InChI is InChI=1S/C24H31F3N4O4/c1-14(2)34-18-9-16(10-19(11-18)35-15(3)4)13-31(17-5-7-28-8-6-17)23-29-12-20(22(32)33)21(30-23)24(25,26)27/h9-12,14-15,17,28H,5-8,13H2,1-4H3,(H,32,33). The number of carbonyl (C=O) groups is 1. The minimum absolute atomic E-state index is 0.0843. The van der Waals surface area contributed by atoms with Crippen LogP contribution in [0.1, 0.15) is 62.2 Å². The van der Waals surface area contributed by atoms with Gasteiger partial charge in [-0.25, -0.2) is 14.8 Å². The number of aromatic carboxylic acids is 1. The average Bonchev–Trinajstić information content (AvgIpc) is 2.76. The number of aromatic nitrogens is 2. The maximum Gasteiger partial charge on any atom is 0.434 e. The maximum absolute atomic E-state index is 13.7. The van der Waals surface area contributed by atoms with Crippen LogP contribution in [0.4, 0.5) is 19.1 Å². The molecular weight excluding hydrogens is 465 g/mol. The summed E-state index contributed by atoms with van der Waals surface area (Å²) in [6, 6.07) is 5.27. The molecule has 2 heterocycles.